The maximum absolute atomic E-state index is 13.8. The highest BCUT2D eigenvalue weighted by atomic mass is 19.1. The number of aromatic nitrogens is 3. The number of pyridine rings is 1. The van der Waals surface area contributed by atoms with Gasteiger partial charge in [0.2, 0.25) is 5.91 Å². The molecule has 0 atom stereocenters. The first-order chi connectivity index (χ1) is 14.9. The summed E-state index contributed by atoms with van der Waals surface area (Å²) in [6.07, 6.45) is 4.32. The molecule has 0 spiro atoms. The smallest absolute Gasteiger partial charge is 0.226 e. The lowest BCUT2D eigenvalue weighted by molar-refractivity contribution is -0.133. The van der Waals surface area contributed by atoms with Crippen LogP contribution in [0.3, 0.4) is 0 Å². The number of H-pyrrole nitrogens is 1. The minimum absolute atomic E-state index is 0.0912. The fourth-order valence-electron chi connectivity index (χ4n) is 4.07. The van der Waals surface area contributed by atoms with Gasteiger partial charge in [0.15, 0.2) is 5.82 Å². The van der Waals surface area contributed by atoms with E-state index in [1.807, 2.05) is 11.8 Å². The lowest BCUT2D eigenvalue weighted by Crippen LogP contribution is -2.27. The van der Waals surface area contributed by atoms with Crippen molar-refractivity contribution in [2.24, 2.45) is 5.92 Å². The molecule has 0 unspecified atom stereocenters. The largest absolute Gasteiger partial charge is 0.397 e. The van der Waals surface area contributed by atoms with Gasteiger partial charge in [0.1, 0.15) is 17.2 Å². The molecule has 8 heteroatoms. The number of rotatable bonds is 5. The van der Waals surface area contributed by atoms with Gasteiger partial charge in [0.05, 0.1) is 30.2 Å². The van der Waals surface area contributed by atoms with Crippen LogP contribution in [0.1, 0.15) is 48.2 Å². The number of amides is 1. The number of nitrogens with zero attached hydrogens (tertiary/aromatic N) is 3. The summed E-state index contributed by atoms with van der Waals surface area (Å²) in [5.41, 5.74) is 11.1. The monoisotopic (exact) mass is 418 g/mol. The predicted molar refractivity (Wildman–Crippen MR) is 115 cm³/mol. The van der Waals surface area contributed by atoms with E-state index in [1.54, 1.807) is 18.3 Å². The Morgan fingerprint density at radius 2 is 2.13 bits per heavy atom. The van der Waals surface area contributed by atoms with Crippen molar-refractivity contribution < 1.29 is 9.18 Å². The standard InChI is InChI=1S/C23H23FN6O/c1-2-12-5-6-15(24)8-16(12)14-7-17(25)21(27-9-14)20(26)22-28-18-10-30(11-19(18)29-22)23(31)13-3-4-13/h5-9,13,26H,2-4,10-11,25H2,1H3,(H,28,29). The van der Waals surface area contributed by atoms with Crippen molar-refractivity contribution in [3.8, 4) is 11.1 Å². The Bertz CT molecular complexity index is 1190. The molecule has 158 valence electrons. The van der Waals surface area contributed by atoms with Crippen LogP contribution in [0.15, 0.2) is 30.5 Å². The number of hydrogen-bond acceptors (Lipinski definition) is 5. The molecule has 0 saturated heterocycles. The third-order valence-electron chi connectivity index (χ3n) is 5.95. The number of anilines is 1. The second kappa shape index (κ2) is 7.30. The van der Waals surface area contributed by atoms with Gasteiger partial charge in [-0.25, -0.2) is 9.37 Å². The Labute approximate surface area is 179 Å². The highest BCUT2D eigenvalue weighted by Gasteiger charge is 2.37. The number of nitrogen functional groups attached to an aromatic ring is 1. The third-order valence-corrected chi connectivity index (χ3v) is 5.95. The number of aryl methyl sites for hydroxylation is 1. The summed E-state index contributed by atoms with van der Waals surface area (Å²) in [5.74, 6) is 0.432. The maximum Gasteiger partial charge on any atom is 0.226 e. The summed E-state index contributed by atoms with van der Waals surface area (Å²) in [7, 11) is 0. The molecule has 1 aliphatic heterocycles. The van der Waals surface area contributed by atoms with Crippen molar-refractivity contribution in [2.45, 2.75) is 39.3 Å². The average Bonchev–Trinajstić information content (AvgIpc) is 3.42. The summed E-state index contributed by atoms with van der Waals surface area (Å²) in [6, 6.07) is 6.40. The van der Waals surface area contributed by atoms with E-state index in [-0.39, 0.29) is 23.4 Å². The zero-order valence-electron chi connectivity index (χ0n) is 17.2. The Morgan fingerprint density at radius 3 is 2.81 bits per heavy atom. The lowest BCUT2D eigenvalue weighted by atomic mass is 9.98. The van der Waals surface area contributed by atoms with Gasteiger partial charge in [0, 0.05) is 17.7 Å². The number of nitrogens with two attached hydrogens (primary N) is 1. The summed E-state index contributed by atoms with van der Waals surface area (Å²) in [4.78, 5) is 26.2. The first-order valence-corrected chi connectivity index (χ1v) is 10.4. The number of halogens is 1. The van der Waals surface area contributed by atoms with Crippen LogP contribution < -0.4 is 5.73 Å². The van der Waals surface area contributed by atoms with Crippen LogP contribution in [0.25, 0.3) is 11.1 Å². The van der Waals surface area contributed by atoms with Gasteiger partial charge < -0.3 is 15.6 Å². The van der Waals surface area contributed by atoms with E-state index in [9.17, 15) is 9.18 Å². The van der Waals surface area contributed by atoms with Gasteiger partial charge in [-0.15, -0.1) is 0 Å². The highest BCUT2D eigenvalue weighted by Crippen LogP contribution is 2.34. The molecule has 1 amide bonds. The molecule has 3 heterocycles. The van der Waals surface area contributed by atoms with Crippen LogP contribution in [0, 0.1) is 17.1 Å². The zero-order chi connectivity index (χ0) is 21.7. The van der Waals surface area contributed by atoms with Crippen LogP contribution in [-0.2, 0) is 24.3 Å². The Balaban J connectivity index is 1.38. The predicted octanol–water partition coefficient (Wildman–Crippen LogP) is 3.42. The van der Waals surface area contributed by atoms with Crippen LogP contribution in [0.2, 0.25) is 0 Å². The molecule has 1 fully saturated rings. The second-order valence-electron chi connectivity index (χ2n) is 8.17. The molecular formula is C23H23FN6O. The fraction of sp³-hybridized carbons (Fsp3) is 0.304. The Kier molecular flexibility index (Phi) is 4.57. The highest BCUT2D eigenvalue weighted by molar-refractivity contribution is 6.10. The number of carbonyl (C=O) groups is 1. The molecule has 31 heavy (non-hydrogen) atoms. The second-order valence-corrected chi connectivity index (χ2v) is 8.17. The fourth-order valence-corrected chi connectivity index (χ4v) is 4.07. The molecule has 0 bridgehead atoms. The van der Waals surface area contributed by atoms with E-state index in [0.29, 0.717) is 35.9 Å². The van der Waals surface area contributed by atoms with Crippen molar-refractivity contribution in [3.63, 3.8) is 0 Å². The molecule has 2 aromatic heterocycles. The lowest BCUT2D eigenvalue weighted by Gasteiger charge is -2.15. The van der Waals surface area contributed by atoms with E-state index in [0.717, 1.165) is 41.8 Å². The molecule has 1 aliphatic carbocycles. The minimum Gasteiger partial charge on any atom is -0.397 e. The van der Waals surface area contributed by atoms with Gasteiger partial charge >= 0.3 is 0 Å². The number of aromatic amines is 1. The van der Waals surface area contributed by atoms with Crippen molar-refractivity contribution in [3.05, 3.63) is 64.7 Å². The summed E-state index contributed by atoms with van der Waals surface area (Å²) >= 11 is 0. The van der Waals surface area contributed by atoms with Gasteiger partial charge in [-0.05, 0) is 48.6 Å². The molecule has 2 aliphatic rings. The SMILES string of the molecule is CCc1ccc(F)cc1-c1cnc(C(=N)c2nc3c([nH]2)CN(C(=O)C2CC2)C3)c(N)c1. The molecule has 0 radical (unpaired) electrons. The normalized spacial score (nSPS) is 15.2. The van der Waals surface area contributed by atoms with Gasteiger partial charge in [-0.2, -0.15) is 0 Å². The van der Waals surface area contributed by atoms with Crippen molar-refractivity contribution in [1.29, 1.82) is 5.41 Å². The molecule has 3 aromatic rings. The maximum atomic E-state index is 13.8. The first kappa shape index (κ1) is 19.4. The van der Waals surface area contributed by atoms with E-state index in [1.165, 1.54) is 12.1 Å². The van der Waals surface area contributed by atoms with Gasteiger partial charge in [-0.3, -0.25) is 15.2 Å². The number of carbonyl (C=O) groups excluding carboxylic acids is 1. The number of hydrogen-bond donors (Lipinski definition) is 3. The average molecular weight is 418 g/mol. The van der Waals surface area contributed by atoms with Crippen LogP contribution in [0.4, 0.5) is 10.1 Å². The van der Waals surface area contributed by atoms with Crippen molar-refractivity contribution in [1.82, 2.24) is 19.9 Å². The number of fused-ring (bicyclic) bond motifs is 1. The number of nitrogens with one attached hydrogen (secondary N) is 2. The molecule has 5 rings (SSSR count). The molecule has 7 nitrogen and oxygen atoms in total. The van der Waals surface area contributed by atoms with E-state index in [2.05, 4.69) is 15.0 Å². The molecule has 4 N–H and O–H groups in total. The van der Waals surface area contributed by atoms with Gasteiger partial charge in [0.25, 0.3) is 0 Å². The molecule has 1 saturated carbocycles. The minimum atomic E-state index is -0.318. The third kappa shape index (κ3) is 3.48. The van der Waals surface area contributed by atoms with E-state index >= 15 is 0 Å². The van der Waals surface area contributed by atoms with E-state index < -0.39 is 0 Å². The molecule has 1 aromatic carbocycles. The van der Waals surface area contributed by atoms with Crippen LogP contribution in [0.5, 0.6) is 0 Å². The van der Waals surface area contributed by atoms with Crippen LogP contribution in [-0.4, -0.2) is 31.5 Å². The number of imidazole rings is 1. The summed E-state index contributed by atoms with van der Waals surface area (Å²) in [5, 5.41) is 8.54. The topological polar surface area (TPSA) is 112 Å². The van der Waals surface area contributed by atoms with E-state index in [4.69, 9.17) is 11.1 Å². The Hall–Kier alpha value is -3.55. The van der Waals surface area contributed by atoms with Crippen LogP contribution >= 0.6 is 0 Å². The Morgan fingerprint density at radius 1 is 1.32 bits per heavy atom. The molecular weight excluding hydrogens is 395 g/mol. The van der Waals surface area contributed by atoms with Crippen molar-refractivity contribution >= 4 is 17.3 Å². The summed E-state index contributed by atoms with van der Waals surface area (Å²) in [6.45, 7) is 2.97. The van der Waals surface area contributed by atoms with Crippen molar-refractivity contribution in [2.75, 3.05) is 5.73 Å². The first-order valence-electron chi connectivity index (χ1n) is 10.4. The zero-order valence-corrected chi connectivity index (χ0v) is 17.2. The summed E-state index contributed by atoms with van der Waals surface area (Å²) < 4.78 is 13.8. The number of benzene rings is 1. The quantitative estimate of drug-likeness (QED) is 0.551. The van der Waals surface area contributed by atoms with Gasteiger partial charge in [-0.1, -0.05) is 13.0 Å².